The first kappa shape index (κ1) is 10.3. The van der Waals surface area contributed by atoms with E-state index in [1.54, 1.807) is 0 Å². The second-order valence-corrected chi connectivity index (χ2v) is 5.36. The van der Waals surface area contributed by atoms with Gasteiger partial charge in [0.15, 0.2) is 0 Å². The molecule has 0 radical (unpaired) electrons. The molecule has 0 amide bonds. The Labute approximate surface area is 118 Å². The van der Waals surface area contributed by atoms with Gasteiger partial charge in [-0.25, -0.2) is 0 Å². The number of fused-ring (bicyclic) bond motifs is 4. The molecule has 0 saturated heterocycles. The minimum absolute atomic E-state index is 1.19. The first-order chi connectivity index (χ1) is 8.84. The number of nitrogens with zero attached hydrogens (tertiary/aromatic N) is 2. The maximum Gasteiger partial charge on any atom is 0.0646 e. The molecule has 3 heteroatoms. The minimum atomic E-state index is 1.19. The van der Waals surface area contributed by atoms with E-state index in [9.17, 15) is 0 Å². The SMILES string of the molecule is In1c2ccccc2c2cc3cnccc3cc21. The van der Waals surface area contributed by atoms with Crippen LogP contribution in [0, 0.1) is 0 Å². The van der Waals surface area contributed by atoms with Gasteiger partial charge in [-0.05, 0) is 29.7 Å². The molecule has 2 heterocycles. The fourth-order valence-electron chi connectivity index (χ4n) is 2.50. The van der Waals surface area contributed by atoms with Crippen LogP contribution >= 0.6 is 22.9 Å². The summed E-state index contributed by atoms with van der Waals surface area (Å²) in [5.74, 6) is 0. The van der Waals surface area contributed by atoms with E-state index in [1.165, 1.54) is 32.6 Å². The van der Waals surface area contributed by atoms with Gasteiger partial charge in [-0.15, -0.1) is 0 Å². The third-order valence-electron chi connectivity index (χ3n) is 3.37. The van der Waals surface area contributed by atoms with Gasteiger partial charge in [-0.2, -0.15) is 0 Å². The number of pyridine rings is 1. The van der Waals surface area contributed by atoms with E-state index in [4.69, 9.17) is 0 Å². The zero-order chi connectivity index (χ0) is 12.1. The van der Waals surface area contributed by atoms with Crippen LogP contribution in [0.25, 0.3) is 32.6 Å². The highest BCUT2D eigenvalue weighted by Crippen LogP contribution is 2.33. The Morgan fingerprint density at radius 2 is 1.78 bits per heavy atom. The monoisotopic (exact) mass is 344 g/mol. The summed E-state index contributed by atoms with van der Waals surface area (Å²) in [6.07, 6.45) is 3.77. The standard InChI is InChI=1S/C15H9IN2/c16-18-14-4-2-1-3-12(14)13-7-11-9-17-6-5-10(11)8-15(13)18/h1-9H. The van der Waals surface area contributed by atoms with Crippen molar-refractivity contribution in [2.75, 3.05) is 0 Å². The van der Waals surface area contributed by atoms with Gasteiger partial charge in [0, 0.05) is 28.6 Å². The first-order valence-corrected chi connectivity index (χ1v) is 6.74. The van der Waals surface area contributed by atoms with Gasteiger partial charge < -0.3 is 0 Å². The summed E-state index contributed by atoms with van der Waals surface area (Å²) < 4.78 is 2.22. The van der Waals surface area contributed by atoms with E-state index < -0.39 is 0 Å². The fraction of sp³-hybridized carbons (Fsp3) is 0. The van der Waals surface area contributed by atoms with Gasteiger partial charge in [0.2, 0.25) is 0 Å². The molecule has 0 spiro atoms. The summed E-state index contributed by atoms with van der Waals surface area (Å²) in [5, 5.41) is 5.02. The predicted octanol–water partition coefficient (Wildman–Crippen LogP) is 4.54. The topological polar surface area (TPSA) is 17.8 Å². The number of hydrogen-bond donors (Lipinski definition) is 0. The third kappa shape index (κ3) is 1.31. The Morgan fingerprint density at radius 3 is 2.72 bits per heavy atom. The average Bonchev–Trinajstić information content (AvgIpc) is 2.71. The number of para-hydroxylation sites is 1. The number of halogens is 1. The number of rotatable bonds is 0. The quantitative estimate of drug-likeness (QED) is 0.428. The smallest absolute Gasteiger partial charge is 0.0646 e. The van der Waals surface area contributed by atoms with Crippen LogP contribution in [0.15, 0.2) is 54.9 Å². The van der Waals surface area contributed by atoms with E-state index in [1.807, 2.05) is 12.4 Å². The predicted molar refractivity (Wildman–Crippen MR) is 84.2 cm³/mol. The van der Waals surface area contributed by atoms with E-state index in [0.29, 0.717) is 0 Å². The molecule has 0 unspecified atom stereocenters. The molecule has 0 aliphatic rings. The molecular weight excluding hydrogens is 335 g/mol. The van der Waals surface area contributed by atoms with Gasteiger partial charge in [-0.1, -0.05) is 18.2 Å². The first-order valence-electron chi connectivity index (χ1n) is 5.78. The number of benzene rings is 2. The molecule has 18 heavy (non-hydrogen) atoms. The van der Waals surface area contributed by atoms with Crippen LogP contribution in [-0.4, -0.2) is 7.76 Å². The van der Waals surface area contributed by atoms with Gasteiger partial charge in [0.25, 0.3) is 0 Å². The average molecular weight is 344 g/mol. The normalized spacial score (nSPS) is 11.6. The summed E-state index contributed by atoms with van der Waals surface area (Å²) in [4.78, 5) is 4.20. The molecule has 0 aliphatic heterocycles. The van der Waals surface area contributed by atoms with Crippen molar-refractivity contribution in [3.8, 4) is 0 Å². The highest BCUT2D eigenvalue weighted by atomic mass is 127. The number of hydrogen-bond acceptors (Lipinski definition) is 1. The van der Waals surface area contributed by atoms with Crippen LogP contribution < -0.4 is 0 Å². The molecule has 2 nitrogen and oxygen atoms in total. The fourth-order valence-corrected chi connectivity index (χ4v) is 3.32. The lowest BCUT2D eigenvalue weighted by atomic mass is 10.1. The van der Waals surface area contributed by atoms with Crippen molar-refractivity contribution in [2.24, 2.45) is 0 Å². The van der Waals surface area contributed by atoms with Crippen molar-refractivity contribution < 1.29 is 0 Å². The van der Waals surface area contributed by atoms with Crippen LogP contribution in [0.2, 0.25) is 0 Å². The summed E-state index contributed by atoms with van der Waals surface area (Å²) in [6.45, 7) is 0. The lowest BCUT2D eigenvalue weighted by Crippen LogP contribution is -1.79. The molecule has 0 aliphatic carbocycles. The molecule has 0 saturated carbocycles. The maximum absolute atomic E-state index is 4.20. The highest BCUT2D eigenvalue weighted by Gasteiger charge is 2.09. The van der Waals surface area contributed by atoms with Gasteiger partial charge >= 0.3 is 0 Å². The van der Waals surface area contributed by atoms with Gasteiger partial charge in [0.1, 0.15) is 0 Å². The molecule has 2 aromatic heterocycles. The molecule has 2 aromatic carbocycles. The van der Waals surface area contributed by atoms with Crippen molar-refractivity contribution in [1.82, 2.24) is 7.76 Å². The van der Waals surface area contributed by atoms with Crippen molar-refractivity contribution in [3.63, 3.8) is 0 Å². The lowest BCUT2D eigenvalue weighted by Gasteiger charge is -1.99. The summed E-state index contributed by atoms with van der Waals surface area (Å²) in [6, 6.07) is 15.0. The second kappa shape index (κ2) is 3.68. The van der Waals surface area contributed by atoms with Crippen LogP contribution in [0.5, 0.6) is 0 Å². The summed E-state index contributed by atoms with van der Waals surface area (Å²) >= 11 is 2.37. The highest BCUT2D eigenvalue weighted by molar-refractivity contribution is 14.1. The van der Waals surface area contributed by atoms with E-state index in [2.05, 4.69) is 73.1 Å². The Balaban J connectivity index is 2.32. The Kier molecular flexibility index (Phi) is 2.11. The summed E-state index contributed by atoms with van der Waals surface area (Å²) in [5.41, 5.74) is 2.52. The zero-order valence-corrected chi connectivity index (χ0v) is 11.6. The lowest BCUT2D eigenvalue weighted by molar-refractivity contribution is 1.37. The Bertz CT molecular complexity index is 893. The molecule has 0 atom stereocenters. The van der Waals surface area contributed by atoms with E-state index in [0.717, 1.165) is 0 Å². The van der Waals surface area contributed by atoms with Gasteiger partial charge in [-0.3, -0.25) is 7.76 Å². The van der Waals surface area contributed by atoms with E-state index in [-0.39, 0.29) is 0 Å². The third-order valence-corrected chi connectivity index (χ3v) is 4.41. The van der Waals surface area contributed by atoms with Crippen molar-refractivity contribution >= 4 is 55.4 Å². The van der Waals surface area contributed by atoms with Crippen LogP contribution in [0.3, 0.4) is 0 Å². The molecule has 4 aromatic rings. The number of aromatic nitrogens is 2. The molecular formula is C15H9IN2. The maximum atomic E-state index is 4.20. The van der Waals surface area contributed by atoms with Crippen molar-refractivity contribution in [1.29, 1.82) is 0 Å². The molecule has 0 N–H and O–H groups in total. The van der Waals surface area contributed by atoms with E-state index >= 15 is 0 Å². The zero-order valence-electron chi connectivity index (χ0n) is 9.47. The summed E-state index contributed by atoms with van der Waals surface area (Å²) in [7, 11) is 0. The molecule has 4 rings (SSSR count). The molecule has 0 bridgehead atoms. The molecule has 0 fully saturated rings. The van der Waals surface area contributed by atoms with Crippen LogP contribution in [0.4, 0.5) is 0 Å². The van der Waals surface area contributed by atoms with Crippen molar-refractivity contribution in [3.05, 3.63) is 54.9 Å². The Hall–Kier alpha value is -1.62. The second-order valence-electron chi connectivity index (χ2n) is 4.39. The largest absolute Gasteiger partial charge is 0.282 e. The minimum Gasteiger partial charge on any atom is -0.282 e. The van der Waals surface area contributed by atoms with Crippen LogP contribution in [-0.2, 0) is 0 Å². The molecule has 86 valence electrons. The van der Waals surface area contributed by atoms with Gasteiger partial charge in [0.05, 0.1) is 33.9 Å². The van der Waals surface area contributed by atoms with Crippen LogP contribution in [0.1, 0.15) is 0 Å². The Morgan fingerprint density at radius 1 is 0.889 bits per heavy atom. The van der Waals surface area contributed by atoms with Crippen molar-refractivity contribution in [2.45, 2.75) is 0 Å².